The van der Waals surface area contributed by atoms with Gasteiger partial charge in [0.2, 0.25) is 5.89 Å². The van der Waals surface area contributed by atoms with Gasteiger partial charge in [0.15, 0.2) is 11.5 Å². The Labute approximate surface area is 150 Å². The van der Waals surface area contributed by atoms with E-state index in [0.29, 0.717) is 34.7 Å². The molecule has 0 aliphatic heterocycles. The lowest BCUT2D eigenvalue weighted by atomic mass is 10.2. The normalized spacial score (nSPS) is 10.8. The molecule has 2 heterocycles. The molecule has 0 amide bonds. The molecule has 0 unspecified atom stereocenters. The van der Waals surface area contributed by atoms with Crippen LogP contribution < -0.4 is 0 Å². The fourth-order valence-electron chi connectivity index (χ4n) is 2.31. The highest BCUT2D eigenvalue weighted by Crippen LogP contribution is 2.31. The Morgan fingerprint density at radius 3 is 2.72 bits per heavy atom. The van der Waals surface area contributed by atoms with Crippen LogP contribution in [0.4, 0.5) is 0 Å². The molecule has 1 aromatic carbocycles. The van der Waals surface area contributed by atoms with Gasteiger partial charge in [-0.25, -0.2) is 4.98 Å². The topological polar surface area (TPSA) is 65.5 Å². The van der Waals surface area contributed by atoms with Gasteiger partial charge in [-0.15, -0.1) is 0 Å². The number of esters is 1. The number of hydrogen-bond acceptors (Lipinski definition) is 5. The number of hydrogen-bond donors (Lipinski definition) is 0. The molecule has 0 saturated carbocycles. The molecule has 0 saturated heterocycles. The van der Waals surface area contributed by atoms with Crippen LogP contribution >= 0.6 is 11.6 Å². The Balaban J connectivity index is 1.87. The first-order valence-corrected chi connectivity index (χ1v) is 8.50. The minimum atomic E-state index is -0.336. The Bertz CT molecular complexity index is 822. The van der Waals surface area contributed by atoms with Crippen molar-refractivity contribution in [2.75, 3.05) is 6.61 Å². The standard InChI is InChI=1S/C19H18ClNO4/c1-2-3-10-24-17(22)12-15-18(16-5-4-11-23-16)25-19(21-15)13-6-8-14(20)9-7-13/h4-9,11H,2-3,10,12H2,1H3. The van der Waals surface area contributed by atoms with Gasteiger partial charge in [0, 0.05) is 10.6 Å². The summed E-state index contributed by atoms with van der Waals surface area (Å²) < 4.78 is 16.5. The van der Waals surface area contributed by atoms with Crippen LogP contribution in [0, 0.1) is 0 Å². The molecule has 0 bridgehead atoms. The van der Waals surface area contributed by atoms with Crippen molar-refractivity contribution in [3.8, 4) is 23.0 Å². The van der Waals surface area contributed by atoms with Gasteiger partial charge in [0.05, 0.1) is 19.3 Å². The monoisotopic (exact) mass is 359 g/mol. The van der Waals surface area contributed by atoms with Crippen molar-refractivity contribution in [1.82, 2.24) is 4.98 Å². The van der Waals surface area contributed by atoms with Crippen molar-refractivity contribution >= 4 is 17.6 Å². The number of nitrogens with zero attached hydrogens (tertiary/aromatic N) is 1. The van der Waals surface area contributed by atoms with Crippen LogP contribution in [-0.2, 0) is 16.0 Å². The van der Waals surface area contributed by atoms with Crippen LogP contribution in [0.2, 0.25) is 5.02 Å². The predicted octanol–water partition coefficient (Wildman–Crippen LogP) is 5.14. The van der Waals surface area contributed by atoms with Crippen LogP contribution in [0.3, 0.4) is 0 Å². The summed E-state index contributed by atoms with van der Waals surface area (Å²) in [4.78, 5) is 16.5. The van der Waals surface area contributed by atoms with E-state index in [1.807, 2.05) is 19.1 Å². The molecule has 5 nitrogen and oxygen atoms in total. The van der Waals surface area contributed by atoms with E-state index >= 15 is 0 Å². The van der Waals surface area contributed by atoms with E-state index in [1.165, 1.54) is 0 Å². The molecule has 3 aromatic rings. The maximum atomic E-state index is 12.0. The average Bonchev–Trinajstić information content (AvgIpc) is 3.25. The number of aromatic nitrogens is 1. The van der Waals surface area contributed by atoms with Gasteiger partial charge in [-0.1, -0.05) is 24.9 Å². The second-order valence-electron chi connectivity index (χ2n) is 5.53. The molecular weight excluding hydrogens is 342 g/mol. The van der Waals surface area contributed by atoms with E-state index in [2.05, 4.69) is 4.98 Å². The third-order valence-electron chi connectivity index (χ3n) is 3.61. The van der Waals surface area contributed by atoms with Crippen molar-refractivity contribution < 1.29 is 18.4 Å². The summed E-state index contributed by atoms with van der Waals surface area (Å²) in [6, 6.07) is 10.6. The minimum absolute atomic E-state index is 0.0246. The quantitative estimate of drug-likeness (QED) is 0.431. The zero-order valence-corrected chi connectivity index (χ0v) is 14.6. The largest absolute Gasteiger partial charge is 0.465 e. The summed E-state index contributed by atoms with van der Waals surface area (Å²) in [5.74, 6) is 1.02. The number of ether oxygens (including phenoxy) is 1. The number of carbonyl (C=O) groups excluding carboxylic acids is 1. The predicted molar refractivity (Wildman–Crippen MR) is 94.2 cm³/mol. The minimum Gasteiger partial charge on any atom is -0.465 e. The third kappa shape index (κ3) is 4.31. The molecule has 0 aliphatic rings. The Morgan fingerprint density at radius 1 is 1.24 bits per heavy atom. The highest BCUT2D eigenvalue weighted by Gasteiger charge is 2.21. The molecule has 0 fully saturated rings. The Morgan fingerprint density at radius 2 is 2.04 bits per heavy atom. The summed E-state index contributed by atoms with van der Waals surface area (Å²) >= 11 is 5.92. The van der Waals surface area contributed by atoms with Crippen LogP contribution in [-0.4, -0.2) is 17.6 Å². The molecule has 3 rings (SSSR count). The molecule has 0 atom stereocenters. The van der Waals surface area contributed by atoms with Crippen LogP contribution in [0.25, 0.3) is 23.0 Å². The fourth-order valence-corrected chi connectivity index (χ4v) is 2.43. The molecule has 2 aromatic heterocycles. The highest BCUT2D eigenvalue weighted by molar-refractivity contribution is 6.30. The van der Waals surface area contributed by atoms with E-state index in [0.717, 1.165) is 18.4 Å². The zero-order valence-electron chi connectivity index (χ0n) is 13.8. The van der Waals surface area contributed by atoms with E-state index < -0.39 is 0 Å². The third-order valence-corrected chi connectivity index (χ3v) is 3.86. The first kappa shape index (κ1) is 17.3. The fraction of sp³-hybridized carbons (Fsp3) is 0.263. The second-order valence-corrected chi connectivity index (χ2v) is 5.97. The molecule has 6 heteroatoms. The summed E-state index contributed by atoms with van der Waals surface area (Å²) in [6.45, 7) is 2.45. The van der Waals surface area contributed by atoms with Crippen molar-refractivity contribution in [2.45, 2.75) is 26.2 Å². The molecule has 0 radical (unpaired) electrons. The number of furan rings is 1. The number of oxazole rings is 1. The maximum Gasteiger partial charge on any atom is 0.312 e. The molecule has 0 N–H and O–H groups in total. The summed E-state index contributed by atoms with van der Waals surface area (Å²) in [5, 5.41) is 0.626. The van der Waals surface area contributed by atoms with Gasteiger partial charge < -0.3 is 13.6 Å². The number of halogens is 1. The van der Waals surface area contributed by atoms with Gasteiger partial charge >= 0.3 is 5.97 Å². The lowest BCUT2D eigenvalue weighted by molar-refractivity contribution is -0.142. The van der Waals surface area contributed by atoms with Gasteiger partial charge in [0.25, 0.3) is 0 Å². The van der Waals surface area contributed by atoms with Crippen LogP contribution in [0.1, 0.15) is 25.5 Å². The van der Waals surface area contributed by atoms with E-state index in [9.17, 15) is 4.79 Å². The number of rotatable bonds is 7. The maximum absolute atomic E-state index is 12.0. The van der Waals surface area contributed by atoms with Gasteiger partial charge in [-0.3, -0.25) is 4.79 Å². The SMILES string of the molecule is CCCCOC(=O)Cc1nc(-c2ccc(Cl)cc2)oc1-c1ccco1. The summed E-state index contributed by atoms with van der Waals surface area (Å²) in [7, 11) is 0. The Kier molecular flexibility index (Phi) is 5.56. The summed E-state index contributed by atoms with van der Waals surface area (Å²) in [5.41, 5.74) is 1.25. The number of carbonyl (C=O) groups is 1. The molecule has 0 spiro atoms. The molecular formula is C19H18ClNO4. The van der Waals surface area contributed by atoms with Crippen LogP contribution in [0.15, 0.2) is 51.5 Å². The van der Waals surface area contributed by atoms with Gasteiger partial charge in [-0.05, 0) is 42.8 Å². The lowest BCUT2D eigenvalue weighted by Gasteiger charge is -2.02. The second kappa shape index (κ2) is 8.03. The van der Waals surface area contributed by atoms with Crippen molar-refractivity contribution in [2.24, 2.45) is 0 Å². The first-order chi connectivity index (χ1) is 12.2. The average molecular weight is 360 g/mol. The number of benzene rings is 1. The smallest absolute Gasteiger partial charge is 0.312 e. The molecule has 25 heavy (non-hydrogen) atoms. The van der Waals surface area contributed by atoms with Crippen LogP contribution in [0.5, 0.6) is 0 Å². The van der Waals surface area contributed by atoms with Gasteiger partial charge in [-0.2, -0.15) is 0 Å². The first-order valence-electron chi connectivity index (χ1n) is 8.12. The number of unbranched alkanes of at least 4 members (excludes halogenated alkanes) is 1. The van der Waals surface area contributed by atoms with Crippen molar-refractivity contribution in [3.05, 3.63) is 53.4 Å². The highest BCUT2D eigenvalue weighted by atomic mass is 35.5. The lowest BCUT2D eigenvalue weighted by Crippen LogP contribution is -2.09. The van der Waals surface area contributed by atoms with Crippen molar-refractivity contribution in [3.63, 3.8) is 0 Å². The van der Waals surface area contributed by atoms with E-state index in [1.54, 1.807) is 30.5 Å². The Hall–Kier alpha value is -2.53. The van der Waals surface area contributed by atoms with E-state index in [-0.39, 0.29) is 12.4 Å². The zero-order chi connectivity index (χ0) is 17.6. The van der Waals surface area contributed by atoms with Crippen molar-refractivity contribution in [1.29, 1.82) is 0 Å². The van der Waals surface area contributed by atoms with E-state index in [4.69, 9.17) is 25.2 Å². The van der Waals surface area contributed by atoms with Gasteiger partial charge in [0.1, 0.15) is 5.69 Å². The molecule has 130 valence electrons. The summed E-state index contributed by atoms with van der Waals surface area (Å²) in [6.07, 6.45) is 3.38. The molecule has 0 aliphatic carbocycles.